The van der Waals surface area contributed by atoms with E-state index in [1.165, 1.54) is 12.1 Å². The van der Waals surface area contributed by atoms with Crippen LogP contribution in [-0.4, -0.2) is 44.0 Å². The number of benzene rings is 3. The molecule has 0 saturated heterocycles. The van der Waals surface area contributed by atoms with E-state index < -0.39 is 24.6 Å². The van der Waals surface area contributed by atoms with Gasteiger partial charge in [-0.2, -0.15) is 0 Å². The maximum absolute atomic E-state index is 14.1. The zero-order chi connectivity index (χ0) is 31.8. The summed E-state index contributed by atoms with van der Waals surface area (Å²) >= 11 is 0. The van der Waals surface area contributed by atoms with Crippen molar-refractivity contribution in [2.75, 3.05) is 0 Å². The number of carboxylic acid groups (broad SMARTS) is 1. The summed E-state index contributed by atoms with van der Waals surface area (Å²) in [5.41, 5.74) is 11.8. The Morgan fingerprint density at radius 2 is 1.48 bits per heavy atom. The molecular weight excluding hydrogens is 561 g/mol. The molecule has 0 aliphatic carbocycles. The second-order valence-corrected chi connectivity index (χ2v) is 11.3. The fraction of sp³-hybridized carbons (Fsp3) is 0.314. The summed E-state index contributed by atoms with van der Waals surface area (Å²) in [4.78, 5) is 25.2. The quantitative estimate of drug-likeness (QED) is 0.130. The number of carboxylic acids is 1. The molecule has 0 saturated carbocycles. The van der Waals surface area contributed by atoms with Crippen molar-refractivity contribution < 1.29 is 29.3 Å². The van der Waals surface area contributed by atoms with Gasteiger partial charge in [0.2, 0.25) is 0 Å². The van der Waals surface area contributed by atoms with E-state index in [1.54, 1.807) is 12.1 Å². The number of nitrogens with one attached hydrogen (secondary N) is 1. The lowest BCUT2D eigenvalue weighted by atomic mass is 9.92. The van der Waals surface area contributed by atoms with E-state index in [0.717, 1.165) is 27.9 Å². The van der Waals surface area contributed by atoms with Crippen molar-refractivity contribution in [2.24, 2.45) is 5.73 Å². The van der Waals surface area contributed by atoms with Crippen LogP contribution in [0, 0.1) is 5.82 Å². The van der Waals surface area contributed by atoms with Crippen LogP contribution in [0.5, 0.6) is 0 Å². The van der Waals surface area contributed by atoms with Gasteiger partial charge < -0.3 is 30.9 Å². The van der Waals surface area contributed by atoms with Gasteiger partial charge in [-0.3, -0.25) is 9.59 Å². The lowest BCUT2D eigenvalue weighted by Gasteiger charge is -2.20. The maximum Gasteiger partial charge on any atom is 0.305 e. The highest BCUT2D eigenvalue weighted by atomic mass is 19.1. The van der Waals surface area contributed by atoms with Crippen LogP contribution in [0.1, 0.15) is 66.5 Å². The van der Waals surface area contributed by atoms with Gasteiger partial charge in [0.1, 0.15) is 11.5 Å². The van der Waals surface area contributed by atoms with Crippen LogP contribution in [0.4, 0.5) is 4.39 Å². The summed E-state index contributed by atoms with van der Waals surface area (Å²) in [6, 6.07) is 23.2. The first-order chi connectivity index (χ1) is 21.1. The minimum absolute atomic E-state index is 0.0948. The third-order valence-corrected chi connectivity index (χ3v) is 7.61. The molecule has 0 aliphatic rings. The highest BCUT2D eigenvalue weighted by Crippen LogP contribution is 2.42. The molecule has 8 nitrogen and oxygen atoms in total. The Morgan fingerprint density at radius 1 is 0.864 bits per heavy atom. The lowest BCUT2D eigenvalue weighted by Crippen LogP contribution is -2.27. The van der Waals surface area contributed by atoms with Gasteiger partial charge in [0.25, 0.3) is 5.91 Å². The van der Waals surface area contributed by atoms with Crippen LogP contribution in [-0.2, 0) is 24.3 Å². The zero-order valence-corrected chi connectivity index (χ0v) is 25.0. The first kappa shape index (κ1) is 32.6. The molecule has 1 amide bonds. The molecule has 1 heterocycles. The molecule has 1 aromatic heterocycles. The first-order valence-corrected chi connectivity index (χ1v) is 14.8. The van der Waals surface area contributed by atoms with Gasteiger partial charge in [0.05, 0.1) is 18.6 Å². The fourth-order valence-electron chi connectivity index (χ4n) is 5.57. The van der Waals surface area contributed by atoms with E-state index in [4.69, 9.17) is 10.8 Å². The number of aromatic nitrogens is 1. The largest absolute Gasteiger partial charge is 0.481 e. The third kappa shape index (κ3) is 7.99. The molecule has 0 radical (unpaired) electrons. The lowest BCUT2D eigenvalue weighted by molar-refractivity contribution is -0.139. The molecule has 9 heteroatoms. The number of halogens is 1. The van der Waals surface area contributed by atoms with E-state index in [2.05, 4.69) is 5.32 Å². The van der Waals surface area contributed by atoms with Crippen molar-refractivity contribution in [1.82, 2.24) is 9.88 Å². The molecule has 44 heavy (non-hydrogen) atoms. The molecule has 2 unspecified atom stereocenters. The Labute approximate surface area is 257 Å². The SMILES string of the molecule is CC(C)n1c(CCC(O)CC(O)CC(=O)O)c(-c2ccc(F)cc2)c(-c2ccccc2)c1C(=O)NCc1ccc(CN)cc1. The van der Waals surface area contributed by atoms with Crippen molar-refractivity contribution >= 4 is 11.9 Å². The number of hydrogen-bond donors (Lipinski definition) is 5. The highest BCUT2D eigenvalue weighted by molar-refractivity contribution is 6.05. The smallest absolute Gasteiger partial charge is 0.305 e. The van der Waals surface area contributed by atoms with Crippen LogP contribution >= 0.6 is 0 Å². The summed E-state index contributed by atoms with van der Waals surface area (Å²) in [5.74, 6) is -1.82. The molecule has 232 valence electrons. The Kier molecular flexibility index (Phi) is 11.1. The number of amides is 1. The monoisotopic (exact) mass is 601 g/mol. The third-order valence-electron chi connectivity index (χ3n) is 7.61. The van der Waals surface area contributed by atoms with E-state index in [0.29, 0.717) is 36.3 Å². The van der Waals surface area contributed by atoms with Crippen LogP contribution in [0.15, 0.2) is 78.9 Å². The van der Waals surface area contributed by atoms with Crippen molar-refractivity contribution in [3.63, 3.8) is 0 Å². The topological polar surface area (TPSA) is 138 Å². The highest BCUT2D eigenvalue weighted by Gasteiger charge is 2.30. The van der Waals surface area contributed by atoms with Crippen molar-refractivity contribution in [1.29, 1.82) is 0 Å². The van der Waals surface area contributed by atoms with Gasteiger partial charge in [-0.25, -0.2) is 4.39 Å². The average molecular weight is 602 g/mol. The van der Waals surface area contributed by atoms with E-state index in [9.17, 15) is 24.2 Å². The van der Waals surface area contributed by atoms with Gasteiger partial charge in [-0.1, -0.05) is 66.7 Å². The standard InChI is InChI=1S/C35H40FN3O5/c1-22(2)39-30(17-16-28(40)18-29(41)19-31(42)43)32(26-12-14-27(36)15-13-26)33(25-6-4-3-5-7-25)34(39)35(44)38-21-24-10-8-23(20-37)9-11-24/h3-15,22,28-29,40-41H,16-21,37H2,1-2H3,(H,38,44)(H,42,43). The summed E-state index contributed by atoms with van der Waals surface area (Å²) in [6.07, 6.45) is -2.18. The Balaban J connectivity index is 1.83. The van der Waals surface area contributed by atoms with Crippen LogP contribution in [0.2, 0.25) is 0 Å². The van der Waals surface area contributed by atoms with Gasteiger partial charge in [0, 0.05) is 36.0 Å². The molecule has 4 aromatic rings. The molecular formula is C35H40FN3O5. The van der Waals surface area contributed by atoms with E-state index in [-0.39, 0.29) is 30.6 Å². The number of nitrogens with zero attached hydrogens (tertiary/aromatic N) is 1. The van der Waals surface area contributed by atoms with E-state index >= 15 is 0 Å². The van der Waals surface area contributed by atoms with Crippen molar-refractivity contribution in [2.45, 2.75) is 70.9 Å². The maximum atomic E-state index is 14.1. The number of carbonyl (C=O) groups is 2. The predicted molar refractivity (Wildman–Crippen MR) is 168 cm³/mol. The Bertz CT molecular complexity index is 1550. The van der Waals surface area contributed by atoms with Gasteiger partial charge in [-0.05, 0) is 67.5 Å². The Morgan fingerprint density at radius 3 is 2.07 bits per heavy atom. The number of aliphatic hydroxyl groups excluding tert-OH is 2. The summed E-state index contributed by atoms with van der Waals surface area (Å²) in [5, 5.41) is 33.0. The molecule has 0 fully saturated rings. The van der Waals surface area contributed by atoms with Gasteiger partial charge in [0.15, 0.2) is 0 Å². The minimum atomic E-state index is -1.18. The normalized spacial score (nSPS) is 12.7. The van der Waals surface area contributed by atoms with Crippen molar-refractivity contribution in [3.8, 4) is 22.3 Å². The second kappa shape index (κ2) is 14.9. The number of rotatable bonds is 14. The zero-order valence-electron chi connectivity index (χ0n) is 25.0. The number of carbonyl (C=O) groups excluding carboxylic acids is 1. The molecule has 0 spiro atoms. The summed E-state index contributed by atoms with van der Waals surface area (Å²) < 4.78 is 16.0. The van der Waals surface area contributed by atoms with Crippen LogP contribution in [0.25, 0.3) is 22.3 Å². The van der Waals surface area contributed by atoms with Crippen molar-refractivity contribution in [3.05, 3.63) is 107 Å². The van der Waals surface area contributed by atoms with Gasteiger partial charge >= 0.3 is 5.97 Å². The molecule has 0 aliphatic heterocycles. The first-order valence-electron chi connectivity index (χ1n) is 14.8. The molecule has 0 bridgehead atoms. The number of aliphatic carboxylic acids is 1. The van der Waals surface area contributed by atoms with Gasteiger partial charge in [-0.15, -0.1) is 0 Å². The second-order valence-electron chi connectivity index (χ2n) is 11.3. The minimum Gasteiger partial charge on any atom is -0.481 e. The average Bonchev–Trinajstić information content (AvgIpc) is 3.35. The number of nitrogens with two attached hydrogens (primary N) is 1. The summed E-state index contributed by atoms with van der Waals surface area (Å²) in [6.45, 7) is 4.67. The Hall–Kier alpha value is -4.31. The molecule has 4 rings (SSSR count). The van der Waals surface area contributed by atoms with E-state index in [1.807, 2.05) is 73.0 Å². The molecule has 3 aromatic carbocycles. The molecule has 2 atom stereocenters. The number of aliphatic hydroxyl groups is 2. The summed E-state index contributed by atoms with van der Waals surface area (Å²) in [7, 11) is 0. The number of hydrogen-bond acceptors (Lipinski definition) is 5. The molecule has 6 N–H and O–H groups in total. The fourth-order valence-corrected chi connectivity index (χ4v) is 5.57. The van der Waals surface area contributed by atoms with Crippen LogP contribution < -0.4 is 11.1 Å². The van der Waals surface area contributed by atoms with Crippen LogP contribution in [0.3, 0.4) is 0 Å². The predicted octanol–water partition coefficient (Wildman–Crippen LogP) is 5.45.